The molecule has 26 heavy (non-hydrogen) atoms. The van der Waals surface area contributed by atoms with Crippen LogP contribution in [0.25, 0.3) is 6.08 Å². The van der Waals surface area contributed by atoms with Crippen molar-refractivity contribution in [2.45, 2.75) is 0 Å². The molecular formula is C22H17FN2O. The summed E-state index contributed by atoms with van der Waals surface area (Å²) in [6.07, 6.45) is 5.22. The van der Waals surface area contributed by atoms with Gasteiger partial charge in [0.2, 0.25) is 0 Å². The monoisotopic (exact) mass is 344 g/mol. The highest BCUT2D eigenvalue weighted by Crippen LogP contribution is 2.13. The Hall–Kier alpha value is -3.53. The summed E-state index contributed by atoms with van der Waals surface area (Å²) >= 11 is 0. The van der Waals surface area contributed by atoms with Crippen LogP contribution in [-0.4, -0.2) is 17.0 Å². The maximum absolute atomic E-state index is 13.2. The molecule has 0 fully saturated rings. The second kappa shape index (κ2) is 8.53. The number of benzene rings is 3. The van der Waals surface area contributed by atoms with Gasteiger partial charge in [0.15, 0.2) is 0 Å². The van der Waals surface area contributed by atoms with E-state index >= 15 is 0 Å². The van der Waals surface area contributed by atoms with Gasteiger partial charge in [-0.3, -0.25) is 0 Å². The van der Waals surface area contributed by atoms with Gasteiger partial charge in [0.25, 0.3) is 0 Å². The molecule has 3 aromatic rings. The van der Waals surface area contributed by atoms with E-state index in [1.807, 2.05) is 42.5 Å². The maximum Gasteiger partial charge on any atom is 0.124 e. The summed E-state index contributed by atoms with van der Waals surface area (Å²) < 4.78 is 13.2. The first-order chi connectivity index (χ1) is 12.7. The lowest BCUT2D eigenvalue weighted by atomic mass is 10.1. The summed E-state index contributed by atoms with van der Waals surface area (Å²) in [6.45, 7) is 0. The normalized spacial score (nSPS) is 12.1. The van der Waals surface area contributed by atoms with Gasteiger partial charge >= 0.3 is 0 Å². The summed E-state index contributed by atoms with van der Waals surface area (Å²) in [5.41, 5.74) is 2.92. The Kier molecular flexibility index (Phi) is 5.68. The molecule has 3 aromatic carbocycles. The van der Waals surface area contributed by atoms with Crippen LogP contribution in [0.5, 0.6) is 5.75 Å². The van der Waals surface area contributed by atoms with Crippen molar-refractivity contribution in [1.29, 1.82) is 0 Å². The van der Waals surface area contributed by atoms with Crippen LogP contribution >= 0.6 is 0 Å². The van der Waals surface area contributed by atoms with Crippen LogP contribution in [0.3, 0.4) is 0 Å². The van der Waals surface area contributed by atoms with Crippen LogP contribution in [0.1, 0.15) is 16.7 Å². The molecule has 0 aromatic heterocycles. The second-order valence-electron chi connectivity index (χ2n) is 5.54. The van der Waals surface area contributed by atoms with Gasteiger partial charge in [-0.2, -0.15) is 10.2 Å². The molecule has 0 saturated heterocycles. The predicted molar refractivity (Wildman–Crippen MR) is 104 cm³/mol. The Balaban J connectivity index is 1.90. The molecule has 3 rings (SSSR count). The third-order valence-electron chi connectivity index (χ3n) is 3.67. The zero-order valence-corrected chi connectivity index (χ0v) is 14.0. The summed E-state index contributed by atoms with van der Waals surface area (Å²) in [6, 6.07) is 22.7. The van der Waals surface area contributed by atoms with Gasteiger partial charge in [-0.05, 0) is 48.0 Å². The summed E-state index contributed by atoms with van der Waals surface area (Å²) in [7, 11) is 0. The highest BCUT2D eigenvalue weighted by molar-refractivity contribution is 6.10. The Bertz CT molecular complexity index is 945. The van der Waals surface area contributed by atoms with E-state index in [1.54, 1.807) is 36.4 Å². The maximum atomic E-state index is 13.2. The average molecular weight is 344 g/mol. The molecule has 0 spiro atoms. The predicted octanol–water partition coefficient (Wildman–Crippen LogP) is 5.07. The van der Waals surface area contributed by atoms with Crippen molar-refractivity contribution in [2.24, 2.45) is 10.2 Å². The Morgan fingerprint density at radius 2 is 1.54 bits per heavy atom. The molecule has 0 aliphatic rings. The van der Waals surface area contributed by atoms with Crippen LogP contribution < -0.4 is 0 Å². The fourth-order valence-corrected chi connectivity index (χ4v) is 2.30. The lowest BCUT2D eigenvalue weighted by Crippen LogP contribution is -1.96. The summed E-state index contributed by atoms with van der Waals surface area (Å²) in [4.78, 5) is 0. The van der Waals surface area contributed by atoms with Crippen molar-refractivity contribution in [1.82, 2.24) is 0 Å². The van der Waals surface area contributed by atoms with Crippen LogP contribution in [0.4, 0.5) is 4.39 Å². The minimum absolute atomic E-state index is 0.134. The van der Waals surface area contributed by atoms with E-state index in [0.717, 1.165) is 11.1 Å². The van der Waals surface area contributed by atoms with Crippen molar-refractivity contribution in [3.63, 3.8) is 0 Å². The molecule has 4 heteroatoms. The van der Waals surface area contributed by atoms with Gasteiger partial charge in [-0.15, -0.1) is 0 Å². The van der Waals surface area contributed by atoms with E-state index in [9.17, 15) is 9.50 Å². The van der Waals surface area contributed by atoms with Crippen LogP contribution in [0.2, 0.25) is 0 Å². The lowest BCUT2D eigenvalue weighted by molar-refractivity contribution is 0.474. The Labute approximate surface area is 151 Å². The van der Waals surface area contributed by atoms with E-state index in [2.05, 4.69) is 10.2 Å². The van der Waals surface area contributed by atoms with Gasteiger partial charge in [0, 0.05) is 11.1 Å². The van der Waals surface area contributed by atoms with E-state index in [-0.39, 0.29) is 11.6 Å². The topological polar surface area (TPSA) is 45.0 Å². The molecule has 0 aliphatic heterocycles. The number of rotatable bonds is 5. The van der Waals surface area contributed by atoms with Crippen molar-refractivity contribution in [3.05, 3.63) is 107 Å². The Morgan fingerprint density at radius 1 is 0.846 bits per heavy atom. The minimum atomic E-state index is -0.308. The third-order valence-corrected chi connectivity index (χ3v) is 3.67. The molecule has 0 saturated carbocycles. The smallest absolute Gasteiger partial charge is 0.124 e. The van der Waals surface area contributed by atoms with Crippen molar-refractivity contribution in [2.75, 3.05) is 0 Å². The molecule has 1 N–H and O–H groups in total. The molecule has 0 heterocycles. The zero-order chi connectivity index (χ0) is 18.2. The fourth-order valence-electron chi connectivity index (χ4n) is 2.30. The molecule has 0 radical (unpaired) electrons. The van der Waals surface area contributed by atoms with Crippen molar-refractivity contribution < 1.29 is 9.50 Å². The number of hydrogen-bond acceptors (Lipinski definition) is 3. The standard InChI is InChI=1S/C22H17FN2O/c23-20-13-11-18(12-14-20)21(15-10-17-6-2-1-3-7-17)25-24-16-19-8-4-5-9-22(19)26/h1-16,26H/b15-10-,24-16+,25-21+. The molecule has 0 amide bonds. The quantitative estimate of drug-likeness (QED) is 0.510. The molecule has 0 bridgehead atoms. The molecule has 0 unspecified atom stereocenters. The van der Waals surface area contributed by atoms with E-state index in [1.165, 1.54) is 18.3 Å². The van der Waals surface area contributed by atoms with Gasteiger partial charge in [-0.1, -0.05) is 48.5 Å². The van der Waals surface area contributed by atoms with Crippen molar-refractivity contribution in [3.8, 4) is 5.75 Å². The number of nitrogens with zero attached hydrogens (tertiary/aromatic N) is 2. The largest absolute Gasteiger partial charge is 0.507 e. The third kappa shape index (κ3) is 4.74. The highest BCUT2D eigenvalue weighted by Gasteiger charge is 2.01. The highest BCUT2D eigenvalue weighted by atomic mass is 19.1. The summed E-state index contributed by atoms with van der Waals surface area (Å²) in [5, 5.41) is 18.1. The minimum Gasteiger partial charge on any atom is -0.507 e. The van der Waals surface area contributed by atoms with E-state index < -0.39 is 0 Å². The SMILES string of the molecule is Oc1ccccc1/C=N/N=C(\C=C/c1ccccc1)c1ccc(F)cc1. The summed E-state index contributed by atoms with van der Waals surface area (Å²) in [5.74, 6) is -0.174. The van der Waals surface area contributed by atoms with Gasteiger partial charge in [-0.25, -0.2) is 4.39 Å². The van der Waals surface area contributed by atoms with E-state index in [0.29, 0.717) is 11.3 Å². The van der Waals surface area contributed by atoms with Crippen LogP contribution in [-0.2, 0) is 0 Å². The molecule has 0 aliphatic carbocycles. The number of halogens is 1. The first-order valence-corrected chi connectivity index (χ1v) is 8.10. The fraction of sp³-hybridized carbons (Fsp3) is 0. The second-order valence-corrected chi connectivity index (χ2v) is 5.54. The number of phenols is 1. The average Bonchev–Trinajstić information content (AvgIpc) is 2.67. The number of phenolic OH excluding ortho intramolecular Hbond substituents is 1. The zero-order valence-electron chi connectivity index (χ0n) is 14.0. The van der Waals surface area contributed by atoms with E-state index in [4.69, 9.17) is 0 Å². The molecule has 0 atom stereocenters. The number of hydrogen-bond donors (Lipinski definition) is 1. The number of allylic oxidation sites excluding steroid dienone is 1. The number of para-hydroxylation sites is 1. The van der Waals surface area contributed by atoms with Crippen molar-refractivity contribution >= 4 is 18.0 Å². The first-order valence-electron chi connectivity index (χ1n) is 8.10. The van der Waals surface area contributed by atoms with Crippen LogP contribution in [0, 0.1) is 5.82 Å². The molecule has 128 valence electrons. The molecule has 3 nitrogen and oxygen atoms in total. The first kappa shape index (κ1) is 17.3. The van der Waals surface area contributed by atoms with Gasteiger partial charge in [0.1, 0.15) is 11.6 Å². The van der Waals surface area contributed by atoms with Gasteiger partial charge in [0.05, 0.1) is 11.9 Å². The number of aromatic hydroxyl groups is 1. The van der Waals surface area contributed by atoms with Crippen LogP contribution in [0.15, 0.2) is 95.1 Å². The van der Waals surface area contributed by atoms with Gasteiger partial charge < -0.3 is 5.11 Å². The lowest BCUT2D eigenvalue weighted by Gasteiger charge is -2.01. The Morgan fingerprint density at radius 3 is 2.27 bits per heavy atom. The molecular weight excluding hydrogens is 327 g/mol.